The first-order valence-electron chi connectivity index (χ1n) is 7.96. The molecule has 0 amide bonds. The topological polar surface area (TPSA) is 38.8 Å². The highest BCUT2D eigenvalue weighted by molar-refractivity contribution is 6.00. The Kier molecular flexibility index (Phi) is 6.09. The molecule has 0 N–H and O–H groups in total. The number of nitrogens with zero attached hydrogens (tertiary/aromatic N) is 1. The molecule has 4 nitrogen and oxygen atoms in total. The van der Waals surface area contributed by atoms with E-state index in [9.17, 15) is 4.79 Å². The van der Waals surface area contributed by atoms with Crippen molar-refractivity contribution >= 4 is 5.78 Å². The van der Waals surface area contributed by atoms with E-state index >= 15 is 0 Å². The highest BCUT2D eigenvalue weighted by Gasteiger charge is 2.22. The fraction of sp³-hybridized carbons (Fsp3) is 0.588. The van der Waals surface area contributed by atoms with Gasteiger partial charge in [0.1, 0.15) is 13.2 Å². The Labute approximate surface area is 138 Å². The van der Waals surface area contributed by atoms with Crippen molar-refractivity contribution in [2.45, 2.75) is 32.6 Å². The number of Topliss-reactive ketones (excluding diaryl/α,β-unsaturated/α-hetero) is 1. The third kappa shape index (κ3) is 3.73. The van der Waals surface area contributed by atoms with Crippen molar-refractivity contribution in [2.75, 3.05) is 32.8 Å². The van der Waals surface area contributed by atoms with Crippen LogP contribution in [0.25, 0.3) is 0 Å². The average molecular weight is 325 g/mol. The number of aryl methyl sites for hydroxylation is 1. The molecule has 5 heteroatoms. The van der Waals surface area contributed by atoms with Gasteiger partial charge >= 0.3 is 0 Å². The largest absolute Gasteiger partial charge is 1.00 e. The van der Waals surface area contributed by atoms with Crippen molar-refractivity contribution in [3.8, 4) is 11.5 Å². The predicted molar refractivity (Wildman–Crippen MR) is 81.4 cm³/mol. The summed E-state index contributed by atoms with van der Waals surface area (Å²) in [7, 11) is 0. The maximum atomic E-state index is 12.6. The van der Waals surface area contributed by atoms with Crippen LogP contribution in [0.5, 0.6) is 11.5 Å². The van der Waals surface area contributed by atoms with Crippen molar-refractivity contribution in [3.63, 3.8) is 0 Å². The molecule has 1 fully saturated rings. The third-order valence-electron chi connectivity index (χ3n) is 4.26. The van der Waals surface area contributed by atoms with E-state index in [0.29, 0.717) is 30.9 Å². The number of rotatable bonds is 5. The molecular weight excluding hydrogens is 302 g/mol. The zero-order valence-corrected chi connectivity index (χ0v) is 13.8. The number of hydrogen-bond acceptors (Lipinski definition) is 4. The molecule has 22 heavy (non-hydrogen) atoms. The lowest BCUT2D eigenvalue weighted by atomic mass is 10.0. The lowest BCUT2D eigenvalue weighted by Gasteiger charge is -2.22. The van der Waals surface area contributed by atoms with E-state index in [0.717, 1.165) is 37.4 Å². The van der Waals surface area contributed by atoms with Gasteiger partial charge in [-0.3, -0.25) is 4.79 Å². The maximum absolute atomic E-state index is 12.6. The van der Waals surface area contributed by atoms with E-state index in [4.69, 9.17) is 9.47 Å². The Morgan fingerprint density at radius 1 is 1.18 bits per heavy atom. The van der Waals surface area contributed by atoms with Gasteiger partial charge in [0.2, 0.25) is 0 Å². The zero-order valence-electron chi connectivity index (χ0n) is 13.1. The summed E-state index contributed by atoms with van der Waals surface area (Å²) in [6.45, 7) is 6.27. The molecule has 3 rings (SSSR count). The Hall–Kier alpha value is -1.26. The fourth-order valence-corrected chi connectivity index (χ4v) is 3.02. The van der Waals surface area contributed by atoms with Gasteiger partial charge < -0.3 is 26.8 Å². The Morgan fingerprint density at radius 2 is 1.91 bits per heavy atom. The van der Waals surface area contributed by atoms with Crippen molar-refractivity contribution in [1.82, 2.24) is 4.90 Å². The molecule has 0 radical (unpaired) electrons. The zero-order chi connectivity index (χ0) is 14.7. The van der Waals surface area contributed by atoms with Crippen molar-refractivity contribution < 1.29 is 26.7 Å². The van der Waals surface area contributed by atoms with Crippen molar-refractivity contribution in [2.24, 2.45) is 0 Å². The number of carbonyl (C=O) groups is 1. The van der Waals surface area contributed by atoms with Crippen LogP contribution in [0.2, 0.25) is 0 Å². The summed E-state index contributed by atoms with van der Waals surface area (Å²) >= 11 is 0. The summed E-state index contributed by atoms with van der Waals surface area (Å²) in [5.41, 5.74) is 1.83. The third-order valence-corrected chi connectivity index (χ3v) is 4.26. The molecule has 0 aliphatic carbocycles. The first-order valence-corrected chi connectivity index (χ1v) is 7.96. The minimum atomic E-state index is 0. The van der Waals surface area contributed by atoms with Gasteiger partial charge in [-0.1, -0.05) is 6.92 Å². The molecule has 0 spiro atoms. The molecule has 2 aliphatic heterocycles. The van der Waals surface area contributed by atoms with Crippen LogP contribution in [0.4, 0.5) is 0 Å². The molecular formula is C17H23ClNO3-. The average Bonchev–Trinajstić information content (AvgIpc) is 3.05. The lowest BCUT2D eigenvalue weighted by Crippen LogP contribution is -3.00. The van der Waals surface area contributed by atoms with Gasteiger partial charge in [-0.15, -0.1) is 0 Å². The molecule has 0 unspecified atom stereocenters. The Bertz CT molecular complexity index is 527. The van der Waals surface area contributed by atoms with Gasteiger partial charge in [-0.25, -0.2) is 0 Å². The smallest absolute Gasteiger partial charge is 0.172 e. The fourth-order valence-electron chi connectivity index (χ4n) is 3.02. The van der Waals surface area contributed by atoms with Crippen LogP contribution in [0.1, 0.15) is 42.1 Å². The molecule has 2 heterocycles. The van der Waals surface area contributed by atoms with Crippen molar-refractivity contribution in [3.05, 3.63) is 23.3 Å². The van der Waals surface area contributed by atoms with E-state index in [1.165, 1.54) is 12.8 Å². The molecule has 1 aromatic carbocycles. The van der Waals surface area contributed by atoms with Crippen LogP contribution in [-0.4, -0.2) is 43.5 Å². The van der Waals surface area contributed by atoms with Crippen LogP contribution in [0.15, 0.2) is 12.1 Å². The van der Waals surface area contributed by atoms with Crippen LogP contribution in [-0.2, 0) is 6.42 Å². The van der Waals surface area contributed by atoms with Crippen LogP contribution >= 0.6 is 0 Å². The SMILES string of the molecule is CCc1cc2c(c(C(=O)CCN3CCCC3)c1)OCCO2.[Cl-]. The molecule has 0 saturated carbocycles. The number of benzene rings is 1. The second kappa shape index (κ2) is 7.84. The van der Waals surface area contributed by atoms with Crippen LogP contribution < -0.4 is 21.9 Å². The van der Waals surface area contributed by atoms with Crippen molar-refractivity contribution in [1.29, 1.82) is 0 Å². The second-order valence-corrected chi connectivity index (χ2v) is 5.74. The monoisotopic (exact) mass is 324 g/mol. The van der Waals surface area contributed by atoms with Crippen LogP contribution in [0, 0.1) is 0 Å². The number of ether oxygens (including phenoxy) is 2. The molecule has 0 bridgehead atoms. The lowest BCUT2D eigenvalue weighted by molar-refractivity contribution is -0.0000131. The van der Waals surface area contributed by atoms with E-state index < -0.39 is 0 Å². The van der Waals surface area contributed by atoms with E-state index in [1.807, 2.05) is 12.1 Å². The standard InChI is InChI=1S/C17H23NO3.ClH/c1-2-13-11-14(17-16(12-13)20-9-10-21-17)15(19)5-8-18-6-3-4-7-18;/h11-12H,2-10H2,1H3;1H/p-1. The number of hydrogen-bond donors (Lipinski definition) is 0. The second-order valence-electron chi connectivity index (χ2n) is 5.74. The molecule has 0 atom stereocenters. The number of likely N-dealkylation sites (tertiary alicyclic amines) is 1. The van der Waals surface area contributed by atoms with Gasteiger partial charge in [0.25, 0.3) is 0 Å². The molecule has 122 valence electrons. The highest BCUT2D eigenvalue weighted by Crippen LogP contribution is 2.36. The quantitative estimate of drug-likeness (QED) is 0.697. The predicted octanol–water partition coefficient (Wildman–Crippen LogP) is -0.307. The summed E-state index contributed by atoms with van der Waals surface area (Å²) < 4.78 is 11.3. The van der Waals surface area contributed by atoms with E-state index in [-0.39, 0.29) is 18.2 Å². The van der Waals surface area contributed by atoms with E-state index in [1.54, 1.807) is 0 Å². The minimum Gasteiger partial charge on any atom is -1.00 e. The van der Waals surface area contributed by atoms with E-state index in [2.05, 4.69) is 11.8 Å². The molecule has 2 aliphatic rings. The number of carbonyl (C=O) groups excluding carboxylic acids is 1. The summed E-state index contributed by atoms with van der Waals surface area (Å²) in [4.78, 5) is 14.9. The summed E-state index contributed by atoms with van der Waals surface area (Å²) in [6, 6.07) is 3.96. The molecule has 0 aromatic heterocycles. The molecule has 1 aromatic rings. The minimum absolute atomic E-state index is 0. The molecule has 1 saturated heterocycles. The van der Waals surface area contributed by atoms with Gasteiger partial charge in [0.05, 0.1) is 5.56 Å². The van der Waals surface area contributed by atoms with Gasteiger partial charge in [0, 0.05) is 13.0 Å². The number of ketones is 1. The summed E-state index contributed by atoms with van der Waals surface area (Å²) in [5, 5.41) is 0. The Balaban J connectivity index is 0.00000176. The maximum Gasteiger partial charge on any atom is 0.172 e. The first kappa shape index (κ1) is 17.1. The van der Waals surface area contributed by atoms with Gasteiger partial charge in [-0.2, -0.15) is 0 Å². The summed E-state index contributed by atoms with van der Waals surface area (Å²) in [6.07, 6.45) is 3.96. The Morgan fingerprint density at radius 3 is 2.64 bits per heavy atom. The summed E-state index contributed by atoms with van der Waals surface area (Å²) in [5.74, 6) is 1.54. The normalized spacial score (nSPS) is 17.1. The van der Waals surface area contributed by atoms with Crippen LogP contribution in [0.3, 0.4) is 0 Å². The highest BCUT2D eigenvalue weighted by atomic mass is 35.5. The number of fused-ring (bicyclic) bond motifs is 1. The van der Waals surface area contributed by atoms with Gasteiger partial charge in [0.15, 0.2) is 17.3 Å². The van der Waals surface area contributed by atoms with Gasteiger partial charge in [-0.05, 0) is 50.0 Å². The number of halogens is 1. The first-order chi connectivity index (χ1) is 10.3.